The van der Waals surface area contributed by atoms with Crippen molar-refractivity contribution in [3.63, 3.8) is 0 Å². The lowest BCUT2D eigenvalue weighted by Crippen LogP contribution is -2.45. The van der Waals surface area contributed by atoms with Crippen LogP contribution in [0.25, 0.3) is 0 Å². The molecular formula is C26H28N4O6. The molecule has 2 atom stereocenters. The van der Waals surface area contributed by atoms with E-state index in [9.17, 15) is 19.6 Å². The lowest BCUT2D eigenvalue weighted by molar-refractivity contribution is -0.137. The number of carboxylic acids is 1. The zero-order valence-electron chi connectivity index (χ0n) is 19.7. The zero-order chi connectivity index (χ0) is 25.7. The van der Waals surface area contributed by atoms with Crippen molar-refractivity contribution in [2.75, 3.05) is 19.7 Å². The molecule has 36 heavy (non-hydrogen) atoms. The fraction of sp³-hybridized carbons (Fsp3) is 0.385. The molecule has 0 spiro atoms. The number of benzene rings is 2. The second kappa shape index (κ2) is 11.2. The number of carbonyl (C=O) groups is 3. The number of nitriles is 1. The number of nitrogens with one attached hydrogen (secondary N) is 1. The Balaban J connectivity index is 1.48. The summed E-state index contributed by atoms with van der Waals surface area (Å²) in [5.74, 6) is -2.04. The van der Waals surface area contributed by atoms with Crippen molar-refractivity contribution in [3.05, 3.63) is 64.2 Å². The molecule has 188 valence electrons. The first kappa shape index (κ1) is 25.2. The Bertz CT molecular complexity index is 1180. The SMILES string of the molecule is N#Cc1ccc2c(c1OCc1ccc(CC3CNCCO3)cc1)CN(C(CCC(=O)O)C(N)=O)C2=O. The number of fused-ring (bicyclic) bond motifs is 1. The van der Waals surface area contributed by atoms with Gasteiger partial charge in [0, 0.05) is 30.6 Å². The van der Waals surface area contributed by atoms with Gasteiger partial charge in [-0.1, -0.05) is 24.3 Å². The second-order valence-corrected chi connectivity index (χ2v) is 8.87. The highest BCUT2D eigenvalue weighted by Crippen LogP contribution is 2.36. The smallest absolute Gasteiger partial charge is 0.303 e. The summed E-state index contributed by atoms with van der Waals surface area (Å²) in [6.07, 6.45) is 0.547. The molecule has 4 N–H and O–H groups in total. The van der Waals surface area contributed by atoms with Crippen LogP contribution in [-0.2, 0) is 33.9 Å². The number of carbonyl (C=O) groups excluding carboxylic acids is 2. The van der Waals surface area contributed by atoms with Crippen molar-refractivity contribution >= 4 is 17.8 Å². The lowest BCUT2D eigenvalue weighted by atomic mass is 10.0. The molecular weight excluding hydrogens is 464 g/mol. The Morgan fingerprint density at radius 1 is 1.25 bits per heavy atom. The third-order valence-electron chi connectivity index (χ3n) is 6.41. The van der Waals surface area contributed by atoms with Crippen LogP contribution in [0.2, 0.25) is 0 Å². The van der Waals surface area contributed by atoms with E-state index in [0.29, 0.717) is 17.7 Å². The lowest BCUT2D eigenvalue weighted by Gasteiger charge is -2.24. The van der Waals surface area contributed by atoms with Crippen molar-refractivity contribution in [2.45, 2.75) is 44.6 Å². The number of hydrogen-bond acceptors (Lipinski definition) is 7. The van der Waals surface area contributed by atoms with E-state index < -0.39 is 23.8 Å². The number of amides is 2. The van der Waals surface area contributed by atoms with Gasteiger partial charge in [-0.2, -0.15) is 5.26 Å². The minimum atomic E-state index is -1.09. The number of carboxylic acid groups (broad SMARTS) is 1. The van der Waals surface area contributed by atoms with E-state index in [-0.39, 0.29) is 43.4 Å². The molecule has 10 heteroatoms. The van der Waals surface area contributed by atoms with Crippen LogP contribution in [0.15, 0.2) is 36.4 Å². The van der Waals surface area contributed by atoms with Gasteiger partial charge in [0.05, 0.1) is 24.8 Å². The summed E-state index contributed by atoms with van der Waals surface area (Å²) in [6, 6.07) is 12.0. The van der Waals surface area contributed by atoms with Gasteiger partial charge in [0.15, 0.2) is 0 Å². The maximum absolute atomic E-state index is 13.0. The number of rotatable bonds is 10. The molecule has 2 aliphatic heterocycles. The monoisotopic (exact) mass is 492 g/mol. The number of primary amides is 1. The molecule has 0 bridgehead atoms. The Morgan fingerprint density at radius 2 is 2.00 bits per heavy atom. The van der Waals surface area contributed by atoms with Crippen molar-refractivity contribution < 1.29 is 29.0 Å². The van der Waals surface area contributed by atoms with Gasteiger partial charge in [-0.05, 0) is 36.1 Å². The highest BCUT2D eigenvalue weighted by atomic mass is 16.5. The molecule has 1 fully saturated rings. The average molecular weight is 493 g/mol. The van der Waals surface area contributed by atoms with E-state index in [4.69, 9.17) is 20.3 Å². The van der Waals surface area contributed by atoms with Crippen molar-refractivity contribution in [1.29, 1.82) is 5.26 Å². The highest BCUT2D eigenvalue weighted by Gasteiger charge is 2.38. The number of ether oxygens (including phenoxy) is 2. The first-order valence-corrected chi connectivity index (χ1v) is 11.8. The van der Waals surface area contributed by atoms with Gasteiger partial charge in [-0.25, -0.2) is 0 Å². The van der Waals surface area contributed by atoms with Gasteiger partial charge in [-0.15, -0.1) is 0 Å². The standard InChI is InChI=1S/C26H28N4O6/c27-12-18-5-6-20-21(14-30(26(20)34)22(25(28)33)7-8-23(31)32)24(18)36-15-17-3-1-16(2-4-17)11-19-13-29-9-10-35-19/h1-6,19,22,29H,7-11,13-15H2,(H2,28,33)(H,31,32). The van der Waals surface area contributed by atoms with Gasteiger partial charge in [-0.3, -0.25) is 14.4 Å². The molecule has 2 aromatic carbocycles. The van der Waals surface area contributed by atoms with Crippen LogP contribution in [0.5, 0.6) is 5.75 Å². The van der Waals surface area contributed by atoms with Crippen LogP contribution in [0.4, 0.5) is 0 Å². The fourth-order valence-electron chi connectivity index (χ4n) is 4.54. The summed E-state index contributed by atoms with van der Waals surface area (Å²) >= 11 is 0. The highest BCUT2D eigenvalue weighted by molar-refractivity contribution is 6.02. The second-order valence-electron chi connectivity index (χ2n) is 8.87. The molecule has 0 aromatic heterocycles. The fourth-order valence-corrected chi connectivity index (χ4v) is 4.54. The maximum Gasteiger partial charge on any atom is 0.303 e. The van der Waals surface area contributed by atoms with Crippen LogP contribution in [0, 0.1) is 11.3 Å². The van der Waals surface area contributed by atoms with Crippen molar-refractivity contribution in [3.8, 4) is 11.8 Å². The molecule has 0 radical (unpaired) electrons. The topological polar surface area (TPSA) is 155 Å². The van der Waals surface area contributed by atoms with Crippen molar-refractivity contribution in [1.82, 2.24) is 10.2 Å². The van der Waals surface area contributed by atoms with E-state index in [1.807, 2.05) is 24.3 Å². The van der Waals surface area contributed by atoms with Crippen LogP contribution < -0.4 is 15.8 Å². The number of aliphatic carboxylic acids is 1. The Morgan fingerprint density at radius 3 is 2.64 bits per heavy atom. The van der Waals surface area contributed by atoms with Crippen molar-refractivity contribution in [2.24, 2.45) is 5.73 Å². The predicted octanol–water partition coefficient (Wildman–Crippen LogP) is 1.34. The first-order valence-electron chi connectivity index (χ1n) is 11.8. The normalized spacial score (nSPS) is 17.8. The Labute approximate surface area is 208 Å². The van der Waals surface area contributed by atoms with Gasteiger partial charge >= 0.3 is 5.97 Å². The quantitative estimate of drug-likeness (QED) is 0.449. The molecule has 2 aliphatic rings. The summed E-state index contributed by atoms with van der Waals surface area (Å²) in [7, 11) is 0. The molecule has 1 saturated heterocycles. The van der Waals surface area contributed by atoms with Gasteiger partial charge < -0.3 is 30.5 Å². The molecule has 4 rings (SSSR count). The predicted molar refractivity (Wildman–Crippen MR) is 128 cm³/mol. The number of morpholine rings is 1. The van der Waals surface area contributed by atoms with Gasteiger partial charge in [0.25, 0.3) is 5.91 Å². The van der Waals surface area contributed by atoms with Gasteiger partial charge in [0.2, 0.25) is 5.91 Å². The molecule has 2 aromatic rings. The van der Waals surface area contributed by atoms with E-state index in [1.165, 1.54) is 17.0 Å². The van der Waals surface area contributed by atoms with Crippen LogP contribution in [-0.4, -0.2) is 59.6 Å². The molecule has 10 nitrogen and oxygen atoms in total. The minimum Gasteiger partial charge on any atom is -0.487 e. The largest absolute Gasteiger partial charge is 0.487 e. The minimum absolute atomic E-state index is 0.000603. The van der Waals surface area contributed by atoms with E-state index >= 15 is 0 Å². The Kier molecular flexibility index (Phi) is 7.83. The summed E-state index contributed by atoms with van der Waals surface area (Å²) in [5, 5.41) is 21.9. The first-order chi connectivity index (χ1) is 17.4. The molecule has 0 saturated carbocycles. The third kappa shape index (κ3) is 5.64. The number of nitrogens with zero attached hydrogens (tertiary/aromatic N) is 2. The van der Waals surface area contributed by atoms with Crippen LogP contribution in [0.1, 0.15) is 45.5 Å². The van der Waals surface area contributed by atoms with E-state index in [0.717, 1.165) is 30.6 Å². The number of nitrogens with two attached hydrogens (primary N) is 1. The summed E-state index contributed by atoms with van der Waals surface area (Å²) in [4.78, 5) is 37.3. The van der Waals surface area contributed by atoms with Crippen LogP contribution in [0.3, 0.4) is 0 Å². The maximum atomic E-state index is 13.0. The molecule has 0 aliphatic carbocycles. The Hall–Kier alpha value is -3.94. The summed E-state index contributed by atoms with van der Waals surface area (Å²) in [5.41, 5.74) is 8.57. The summed E-state index contributed by atoms with van der Waals surface area (Å²) in [6.45, 7) is 2.58. The van der Waals surface area contributed by atoms with Crippen LogP contribution >= 0.6 is 0 Å². The molecule has 2 amide bonds. The third-order valence-corrected chi connectivity index (χ3v) is 6.41. The van der Waals surface area contributed by atoms with Gasteiger partial charge in [0.1, 0.15) is 24.5 Å². The summed E-state index contributed by atoms with van der Waals surface area (Å²) < 4.78 is 11.8. The van der Waals surface area contributed by atoms with E-state index in [1.54, 1.807) is 0 Å². The zero-order valence-corrected chi connectivity index (χ0v) is 19.7. The average Bonchev–Trinajstić information content (AvgIpc) is 3.20. The number of hydrogen-bond donors (Lipinski definition) is 3. The molecule has 2 heterocycles. The van der Waals surface area contributed by atoms with E-state index in [2.05, 4.69) is 11.4 Å². The molecule has 2 unspecified atom stereocenters.